The molecule has 1 aliphatic rings. The van der Waals surface area contributed by atoms with Crippen LogP contribution in [-0.2, 0) is 11.2 Å². The van der Waals surface area contributed by atoms with E-state index in [0.29, 0.717) is 47.2 Å². The molecule has 3 aromatic rings. The van der Waals surface area contributed by atoms with E-state index >= 15 is 0 Å². The molecular weight excluding hydrogens is 533 g/mol. The number of nitrogens with one attached hydrogen (secondary N) is 1. The molecule has 0 bridgehead atoms. The summed E-state index contributed by atoms with van der Waals surface area (Å²) in [6.45, 7) is 2.90. The summed E-state index contributed by atoms with van der Waals surface area (Å²) in [5.74, 6) is -0.766. The first kappa shape index (κ1) is 27.0. The Balaban J connectivity index is 1.48. The fourth-order valence-electron chi connectivity index (χ4n) is 4.39. The summed E-state index contributed by atoms with van der Waals surface area (Å²) in [6, 6.07) is 19.8. The van der Waals surface area contributed by atoms with E-state index in [4.69, 9.17) is 34.8 Å². The summed E-state index contributed by atoms with van der Waals surface area (Å²) in [5, 5.41) is 4.17. The Morgan fingerprint density at radius 3 is 2.24 bits per heavy atom. The van der Waals surface area contributed by atoms with Crippen LogP contribution in [0.5, 0.6) is 0 Å². The Morgan fingerprint density at radius 1 is 0.919 bits per heavy atom. The van der Waals surface area contributed by atoms with E-state index in [1.807, 2.05) is 37.3 Å². The lowest BCUT2D eigenvalue weighted by atomic mass is 10.0. The topological polar surface area (TPSA) is 69.7 Å². The van der Waals surface area contributed by atoms with Crippen molar-refractivity contribution in [1.29, 1.82) is 0 Å². The van der Waals surface area contributed by atoms with Gasteiger partial charge in [-0.3, -0.25) is 14.4 Å². The van der Waals surface area contributed by atoms with Crippen molar-refractivity contribution in [3.63, 3.8) is 0 Å². The number of carbonyl (C=O) groups excluding carboxylic acids is 3. The van der Waals surface area contributed by atoms with Crippen LogP contribution < -0.4 is 5.32 Å². The van der Waals surface area contributed by atoms with Gasteiger partial charge in [-0.1, -0.05) is 65.1 Å². The first-order valence-electron chi connectivity index (χ1n) is 11.9. The van der Waals surface area contributed by atoms with E-state index in [1.54, 1.807) is 52.3 Å². The van der Waals surface area contributed by atoms with Crippen molar-refractivity contribution in [3.05, 3.63) is 105 Å². The number of hydrogen-bond donors (Lipinski definition) is 1. The fraction of sp³-hybridized carbons (Fsp3) is 0.250. The highest BCUT2D eigenvalue weighted by Crippen LogP contribution is 2.24. The second-order valence-corrected chi connectivity index (χ2v) is 10.3. The van der Waals surface area contributed by atoms with Gasteiger partial charge in [-0.25, -0.2) is 0 Å². The molecule has 3 amide bonds. The predicted octanol–water partition coefficient (Wildman–Crippen LogP) is 5.36. The Morgan fingerprint density at radius 2 is 1.59 bits per heavy atom. The third-order valence-electron chi connectivity index (χ3n) is 6.35. The summed E-state index contributed by atoms with van der Waals surface area (Å²) in [4.78, 5) is 43.2. The van der Waals surface area contributed by atoms with Crippen molar-refractivity contribution in [1.82, 2.24) is 15.1 Å². The zero-order chi connectivity index (χ0) is 26.5. The van der Waals surface area contributed by atoms with Crippen LogP contribution in [0.25, 0.3) is 0 Å². The molecule has 1 heterocycles. The Hall–Kier alpha value is -3.06. The third kappa shape index (κ3) is 6.63. The largest absolute Gasteiger partial charge is 0.340 e. The molecular formula is C28H26Cl3N3O3. The monoisotopic (exact) mass is 557 g/mol. The van der Waals surface area contributed by atoms with Gasteiger partial charge in [-0.2, -0.15) is 0 Å². The van der Waals surface area contributed by atoms with Crippen LogP contribution in [0, 0.1) is 0 Å². The molecule has 1 aliphatic heterocycles. The smallest absolute Gasteiger partial charge is 0.255 e. The highest BCUT2D eigenvalue weighted by atomic mass is 35.5. The van der Waals surface area contributed by atoms with E-state index in [9.17, 15) is 14.4 Å². The number of benzene rings is 3. The molecule has 0 radical (unpaired) electrons. The minimum absolute atomic E-state index is 0.199. The van der Waals surface area contributed by atoms with Crippen LogP contribution in [0.2, 0.25) is 15.1 Å². The van der Waals surface area contributed by atoms with E-state index < -0.39 is 6.04 Å². The summed E-state index contributed by atoms with van der Waals surface area (Å²) in [6.07, 6.45) is 0.340. The van der Waals surface area contributed by atoms with E-state index in [0.717, 1.165) is 5.56 Å². The molecule has 2 atom stereocenters. The Labute approximate surface area is 231 Å². The van der Waals surface area contributed by atoms with Crippen molar-refractivity contribution in [2.24, 2.45) is 0 Å². The molecule has 9 heteroatoms. The minimum atomic E-state index is -0.772. The van der Waals surface area contributed by atoms with Gasteiger partial charge in [0.2, 0.25) is 5.91 Å². The summed E-state index contributed by atoms with van der Waals surface area (Å²) >= 11 is 18.2. The second-order valence-electron chi connectivity index (χ2n) is 8.98. The van der Waals surface area contributed by atoms with Gasteiger partial charge in [0.05, 0.1) is 10.6 Å². The van der Waals surface area contributed by atoms with Crippen LogP contribution in [0.3, 0.4) is 0 Å². The summed E-state index contributed by atoms with van der Waals surface area (Å²) in [5.41, 5.74) is 1.71. The van der Waals surface area contributed by atoms with Crippen LogP contribution in [0.4, 0.5) is 0 Å². The summed E-state index contributed by atoms with van der Waals surface area (Å²) < 4.78 is 0. The number of rotatable bonds is 6. The van der Waals surface area contributed by atoms with Crippen LogP contribution in [0.15, 0.2) is 72.8 Å². The standard InChI is InChI=1S/C28H26Cl3N3O3/c1-18-17-33(13-14-34(18)27(36)23-12-11-22(30)16-24(23)31)28(37)25(15-19-5-3-2-4-6-19)32-26(35)20-7-9-21(29)10-8-20/h2-12,16,18,25H,13-15,17H2,1H3,(H,32,35)/t18-,25-/m0/s1. The van der Waals surface area contributed by atoms with Gasteiger partial charge < -0.3 is 15.1 Å². The molecule has 0 aromatic heterocycles. The predicted molar refractivity (Wildman–Crippen MR) is 146 cm³/mol. The van der Waals surface area contributed by atoms with Crippen LogP contribution >= 0.6 is 34.8 Å². The quantitative estimate of drug-likeness (QED) is 0.443. The lowest BCUT2D eigenvalue weighted by Crippen LogP contribution is -2.59. The molecule has 37 heavy (non-hydrogen) atoms. The molecule has 0 unspecified atom stereocenters. The molecule has 3 aromatic carbocycles. The van der Waals surface area contributed by atoms with Crippen molar-refractivity contribution in [2.45, 2.75) is 25.4 Å². The average Bonchev–Trinajstić information content (AvgIpc) is 2.88. The minimum Gasteiger partial charge on any atom is -0.340 e. The van der Waals surface area contributed by atoms with Crippen LogP contribution in [-0.4, -0.2) is 59.2 Å². The van der Waals surface area contributed by atoms with Gasteiger partial charge in [0, 0.05) is 47.7 Å². The third-order valence-corrected chi connectivity index (χ3v) is 7.15. The molecule has 192 valence electrons. The molecule has 1 N–H and O–H groups in total. The number of halogens is 3. The molecule has 0 aliphatic carbocycles. The van der Waals surface area contributed by atoms with Gasteiger partial charge in [-0.05, 0) is 55.0 Å². The Bertz CT molecular complexity index is 1280. The fourth-order valence-corrected chi connectivity index (χ4v) is 5.01. The molecule has 1 fully saturated rings. The molecule has 0 saturated carbocycles. The molecule has 4 rings (SSSR count). The number of amides is 3. The zero-order valence-corrected chi connectivity index (χ0v) is 22.4. The Kier molecular flexibility index (Phi) is 8.75. The zero-order valence-electron chi connectivity index (χ0n) is 20.2. The van der Waals surface area contributed by atoms with E-state index in [1.165, 1.54) is 0 Å². The van der Waals surface area contributed by atoms with Crippen molar-refractivity contribution < 1.29 is 14.4 Å². The number of carbonyl (C=O) groups is 3. The highest BCUT2D eigenvalue weighted by Gasteiger charge is 2.34. The maximum atomic E-state index is 13.7. The molecule has 0 spiro atoms. The second kappa shape index (κ2) is 12.0. The van der Waals surface area contributed by atoms with E-state index in [-0.39, 0.29) is 28.8 Å². The van der Waals surface area contributed by atoms with Gasteiger partial charge in [0.25, 0.3) is 11.8 Å². The molecule has 1 saturated heterocycles. The normalized spacial score (nSPS) is 16.3. The average molecular weight is 559 g/mol. The number of nitrogens with zero attached hydrogens (tertiary/aromatic N) is 2. The van der Waals surface area contributed by atoms with Gasteiger partial charge in [0.15, 0.2) is 0 Å². The van der Waals surface area contributed by atoms with Crippen molar-refractivity contribution >= 4 is 52.5 Å². The van der Waals surface area contributed by atoms with Crippen LogP contribution in [0.1, 0.15) is 33.2 Å². The van der Waals surface area contributed by atoms with Gasteiger partial charge >= 0.3 is 0 Å². The van der Waals surface area contributed by atoms with E-state index in [2.05, 4.69) is 5.32 Å². The first-order valence-corrected chi connectivity index (χ1v) is 13.0. The SMILES string of the molecule is C[C@H]1CN(C(=O)[C@H](Cc2ccccc2)NC(=O)c2ccc(Cl)cc2)CCN1C(=O)c1ccc(Cl)cc1Cl. The van der Waals surface area contributed by atoms with Crippen molar-refractivity contribution in [2.75, 3.05) is 19.6 Å². The number of hydrogen-bond acceptors (Lipinski definition) is 3. The van der Waals surface area contributed by atoms with Crippen molar-refractivity contribution in [3.8, 4) is 0 Å². The van der Waals surface area contributed by atoms with Gasteiger partial charge in [0.1, 0.15) is 6.04 Å². The maximum Gasteiger partial charge on any atom is 0.255 e. The molecule has 6 nitrogen and oxygen atoms in total. The highest BCUT2D eigenvalue weighted by molar-refractivity contribution is 6.36. The number of piperazine rings is 1. The summed E-state index contributed by atoms with van der Waals surface area (Å²) in [7, 11) is 0. The maximum absolute atomic E-state index is 13.7. The first-order chi connectivity index (χ1) is 17.7. The van der Waals surface area contributed by atoms with Gasteiger partial charge in [-0.15, -0.1) is 0 Å². The lowest BCUT2D eigenvalue weighted by molar-refractivity contribution is -0.135. The lowest BCUT2D eigenvalue weighted by Gasteiger charge is -2.41.